The van der Waals surface area contributed by atoms with E-state index in [0.717, 1.165) is 36.4 Å². The van der Waals surface area contributed by atoms with Gasteiger partial charge in [0.25, 0.3) is 11.8 Å². The van der Waals surface area contributed by atoms with E-state index in [9.17, 15) is 27.9 Å². The van der Waals surface area contributed by atoms with Crippen LogP contribution in [0.3, 0.4) is 0 Å². The van der Waals surface area contributed by atoms with Gasteiger partial charge in [-0.1, -0.05) is 49.6 Å². The molecule has 2 aromatic rings. The van der Waals surface area contributed by atoms with Gasteiger partial charge in [-0.25, -0.2) is 8.42 Å². The van der Waals surface area contributed by atoms with Crippen LogP contribution >= 0.6 is 0 Å². The van der Waals surface area contributed by atoms with Crippen molar-refractivity contribution in [3.63, 3.8) is 0 Å². The van der Waals surface area contributed by atoms with E-state index in [-0.39, 0.29) is 43.5 Å². The summed E-state index contributed by atoms with van der Waals surface area (Å²) >= 11 is 0. The monoisotopic (exact) mass is 571 g/mol. The lowest BCUT2D eigenvalue weighted by molar-refractivity contribution is -0.138. The molecule has 1 aliphatic carbocycles. The lowest BCUT2D eigenvalue weighted by Gasteiger charge is -2.34. The summed E-state index contributed by atoms with van der Waals surface area (Å²) in [6.07, 6.45) is 2.73. The molecule has 2 heterocycles. The van der Waals surface area contributed by atoms with Crippen molar-refractivity contribution >= 4 is 27.8 Å². The van der Waals surface area contributed by atoms with Crippen LogP contribution in [0.25, 0.3) is 0 Å². The average molecular weight is 572 g/mol. The number of amides is 2. The van der Waals surface area contributed by atoms with Crippen molar-refractivity contribution < 1.29 is 37.4 Å². The number of sulfonamides is 1. The van der Waals surface area contributed by atoms with Gasteiger partial charge in [0.15, 0.2) is 17.7 Å². The van der Waals surface area contributed by atoms with E-state index in [1.807, 2.05) is 0 Å². The first kappa shape index (κ1) is 27.9. The second-order valence-electron chi connectivity index (χ2n) is 10.4. The smallest absolute Gasteiger partial charge is 0.305 e. The quantitative estimate of drug-likeness (QED) is 0.468. The van der Waals surface area contributed by atoms with Gasteiger partial charge in [0, 0.05) is 24.7 Å². The molecular formula is C28H33N3O8S. The van der Waals surface area contributed by atoms with Crippen molar-refractivity contribution in [1.29, 1.82) is 0 Å². The highest BCUT2D eigenvalue weighted by atomic mass is 32.2. The van der Waals surface area contributed by atoms with E-state index >= 15 is 0 Å². The molecule has 5 rings (SSSR count). The van der Waals surface area contributed by atoms with Crippen LogP contribution < -0.4 is 14.8 Å². The van der Waals surface area contributed by atoms with Gasteiger partial charge in [0.05, 0.1) is 12.2 Å². The Morgan fingerprint density at radius 1 is 0.975 bits per heavy atom. The maximum atomic E-state index is 13.9. The molecule has 2 atom stereocenters. The SMILES string of the molecule is O=C(O)CC(NC(=O)C1N(C(=O)c2ccc3c(c2)OCO3)CCN1S(=O)(=O)Cc1ccccc1)C1CCCCC1. The third-order valence-electron chi connectivity index (χ3n) is 7.73. The van der Waals surface area contributed by atoms with E-state index in [1.54, 1.807) is 42.5 Å². The van der Waals surface area contributed by atoms with E-state index in [4.69, 9.17) is 9.47 Å². The number of carboxylic acids is 1. The predicted molar refractivity (Wildman–Crippen MR) is 144 cm³/mol. The fourth-order valence-electron chi connectivity index (χ4n) is 5.76. The molecular weight excluding hydrogens is 538 g/mol. The highest BCUT2D eigenvalue weighted by molar-refractivity contribution is 7.88. The lowest BCUT2D eigenvalue weighted by atomic mass is 9.82. The number of rotatable bonds is 9. The number of carbonyl (C=O) groups excluding carboxylic acids is 2. The maximum absolute atomic E-state index is 13.9. The van der Waals surface area contributed by atoms with Gasteiger partial charge in [-0.2, -0.15) is 4.31 Å². The number of nitrogens with zero attached hydrogens (tertiary/aromatic N) is 2. The first-order chi connectivity index (χ1) is 19.2. The topological polar surface area (TPSA) is 143 Å². The standard InChI is InChI=1S/C28H33N3O8S/c32-25(33)16-22(20-9-5-2-6-10-20)29-26(34)27-30(28(35)21-11-12-23-24(15-21)39-18-38-23)13-14-31(27)40(36,37)17-19-7-3-1-4-8-19/h1,3-4,7-8,11-12,15,20,22,27H,2,5-6,9-10,13-14,16-18H2,(H,29,34)(H,32,33). The number of aliphatic carboxylic acids is 1. The van der Waals surface area contributed by atoms with Crippen LogP contribution in [0.2, 0.25) is 0 Å². The Balaban J connectivity index is 1.44. The first-order valence-corrected chi connectivity index (χ1v) is 15.1. The Morgan fingerprint density at radius 2 is 1.70 bits per heavy atom. The third-order valence-corrected chi connectivity index (χ3v) is 9.53. The molecule has 40 heavy (non-hydrogen) atoms. The van der Waals surface area contributed by atoms with Crippen LogP contribution in [0.15, 0.2) is 48.5 Å². The number of nitrogens with one attached hydrogen (secondary N) is 1. The summed E-state index contributed by atoms with van der Waals surface area (Å²) in [4.78, 5) is 40.5. The van der Waals surface area contributed by atoms with Crippen LogP contribution in [-0.4, -0.2) is 72.6 Å². The van der Waals surface area contributed by atoms with Crippen LogP contribution in [0.5, 0.6) is 11.5 Å². The highest BCUT2D eigenvalue weighted by Gasteiger charge is 2.47. The first-order valence-electron chi connectivity index (χ1n) is 13.5. The minimum atomic E-state index is -4.03. The number of ether oxygens (including phenoxy) is 2. The molecule has 11 nitrogen and oxygen atoms in total. The fourth-order valence-corrected chi connectivity index (χ4v) is 7.42. The summed E-state index contributed by atoms with van der Waals surface area (Å²) in [6, 6.07) is 12.6. The number of benzene rings is 2. The molecule has 0 radical (unpaired) electrons. The molecule has 214 valence electrons. The van der Waals surface area contributed by atoms with Gasteiger partial charge in [-0.15, -0.1) is 0 Å². The van der Waals surface area contributed by atoms with Gasteiger partial charge in [-0.3, -0.25) is 14.4 Å². The molecule has 0 spiro atoms. The van der Waals surface area contributed by atoms with Crippen molar-refractivity contribution in [2.24, 2.45) is 5.92 Å². The van der Waals surface area contributed by atoms with Gasteiger partial charge >= 0.3 is 5.97 Å². The van der Waals surface area contributed by atoms with E-state index in [2.05, 4.69) is 5.32 Å². The summed E-state index contributed by atoms with van der Waals surface area (Å²) in [7, 11) is -4.03. The molecule has 1 saturated heterocycles. The largest absolute Gasteiger partial charge is 0.481 e. The molecule has 12 heteroatoms. The van der Waals surface area contributed by atoms with Crippen molar-refractivity contribution in [3.05, 3.63) is 59.7 Å². The molecule has 2 aliphatic heterocycles. The summed E-state index contributed by atoms with van der Waals surface area (Å²) in [5.41, 5.74) is 0.770. The highest BCUT2D eigenvalue weighted by Crippen LogP contribution is 2.34. The van der Waals surface area contributed by atoms with Gasteiger partial charge in [0.2, 0.25) is 16.8 Å². The summed E-state index contributed by atoms with van der Waals surface area (Å²) in [5, 5.41) is 12.4. The maximum Gasteiger partial charge on any atom is 0.305 e. The molecule has 0 bridgehead atoms. The van der Waals surface area contributed by atoms with E-state index in [0.29, 0.717) is 17.1 Å². The molecule has 2 amide bonds. The van der Waals surface area contributed by atoms with Crippen LogP contribution in [-0.2, 0) is 25.4 Å². The molecule has 0 aromatic heterocycles. The number of carboxylic acid groups (broad SMARTS) is 1. The molecule has 1 saturated carbocycles. The van der Waals surface area contributed by atoms with Crippen molar-refractivity contribution in [2.75, 3.05) is 19.9 Å². The van der Waals surface area contributed by atoms with Crippen LogP contribution in [0.1, 0.15) is 54.4 Å². The Hall–Kier alpha value is -3.64. The normalized spacial score (nSPS) is 20.3. The molecule has 3 aliphatic rings. The number of hydrogen-bond acceptors (Lipinski definition) is 7. The zero-order valence-corrected chi connectivity index (χ0v) is 22.8. The van der Waals surface area contributed by atoms with Gasteiger partial charge in [-0.05, 0) is 42.5 Å². The van der Waals surface area contributed by atoms with Gasteiger partial charge in [0.1, 0.15) is 0 Å². The second kappa shape index (κ2) is 11.8. The Morgan fingerprint density at radius 3 is 2.42 bits per heavy atom. The third kappa shape index (κ3) is 6.07. The molecule has 2 unspecified atom stereocenters. The Bertz CT molecular complexity index is 1360. The van der Waals surface area contributed by atoms with E-state index < -0.39 is 40.0 Å². The predicted octanol–water partition coefficient (Wildman–Crippen LogP) is 2.57. The molecule has 2 N–H and O–H groups in total. The fraction of sp³-hybridized carbons (Fsp3) is 0.464. The number of fused-ring (bicyclic) bond motifs is 1. The summed E-state index contributed by atoms with van der Waals surface area (Å²) in [6.45, 7) is -0.0532. The summed E-state index contributed by atoms with van der Waals surface area (Å²) in [5.74, 6) is -1.80. The zero-order valence-electron chi connectivity index (χ0n) is 22.0. The summed E-state index contributed by atoms with van der Waals surface area (Å²) < 4.78 is 39.0. The zero-order chi connectivity index (χ0) is 28.3. The lowest BCUT2D eigenvalue weighted by Crippen LogP contribution is -2.57. The minimum Gasteiger partial charge on any atom is -0.481 e. The second-order valence-corrected chi connectivity index (χ2v) is 12.3. The van der Waals surface area contributed by atoms with Gasteiger partial charge < -0.3 is 24.8 Å². The molecule has 2 fully saturated rings. The Labute approximate surface area is 233 Å². The van der Waals surface area contributed by atoms with Crippen molar-refractivity contribution in [1.82, 2.24) is 14.5 Å². The minimum absolute atomic E-state index is 0.00753. The Kier molecular flexibility index (Phi) is 8.27. The van der Waals surface area contributed by atoms with Crippen molar-refractivity contribution in [3.8, 4) is 11.5 Å². The van der Waals surface area contributed by atoms with Crippen molar-refractivity contribution in [2.45, 2.75) is 56.5 Å². The van der Waals surface area contributed by atoms with Crippen LogP contribution in [0.4, 0.5) is 0 Å². The number of carbonyl (C=O) groups is 3. The molecule has 2 aromatic carbocycles. The van der Waals surface area contributed by atoms with E-state index in [1.165, 1.54) is 11.0 Å². The van der Waals surface area contributed by atoms with Crippen LogP contribution in [0, 0.1) is 5.92 Å². The number of hydrogen-bond donors (Lipinski definition) is 2. The average Bonchev–Trinajstić information content (AvgIpc) is 3.60.